The van der Waals surface area contributed by atoms with Gasteiger partial charge >= 0.3 is 30.0 Å². The van der Waals surface area contributed by atoms with Crippen LogP contribution in [0.3, 0.4) is 0 Å². The fourth-order valence-electron chi connectivity index (χ4n) is 2.76. The van der Waals surface area contributed by atoms with E-state index in [1.165, 1.54) is 19.2 Å². The first-order chi connectivity index (χ1) is 15.5. The number of carbonyl (C=O) groups excluding carboxylic acids is 3. The second-order valence-electron chi connectivity index (χ2n) is 6.62. The number of rotatable bonds is 9. The second kappa shape index (κ2) is 10.4. The number of amides is 1. The van der Waals surface area contributed by atoms with Crippen LogP contribution in [0.4, 0.5) is 32.0 Å². The highest BCUT2D eigenvalue weighted by Gasteiger charge is 2.65. The minimum absolute atomic E-state index is 0.296. The highest BCUT2D eigenvalue weighted by molar-refractivity contribution is 5.91. The van der Waals surface area contributed by atoms with Crippen molar-refractivity contribution < 1.29 is 60.0 Å². The maximum absolute atomic E-state index is 14.1. The van der Waals surface area contributed by atoms with Crippen LogP contribution < -0.4 is 15.4 Å². The summed E-state index contributed by atoms with van der Waals surface area (Å²) in [6.45, 7) is 1.89. The van der Waals surface area contributed by atoms with Crippen molar-refractivity contribution in [2.24, 2.45) is 0 Å². The first-order valence-corrected chi connectivity index (χ1v) is 9.47. The molecule has 1 aromatic carbocycles. The van der Waals surface area contributed by atoms with Gasteiger partial charge in [0.15, 0.2) is 0 Å². The molecule has 34 heavy (non-hydrogen) atoms. The monoisotopic (exact) mass is 504 g/mol. The molecule has 9 nitrogen and oxygen atoms in total. The summed E-state index contributed by atoms with van der Waals surface area (Å²) in [5, 5.41) is 13.2. The molecule has 0 heterocycles. The molecular weight excluding hydrogens is 482 g/mol. The van der Waals surface area contributed by atoms with Gasteiger partial charge in [0.25, 0.3) is 5.60 Å². The average molecular weight is 504 g/mol. The Bertz CT molecular complexity index is 921. The number of ether oxygens (including phenoxy) is 3. The summed E-state index contributed by atoms with van der Waals surface area (Å²) in [5.41, 5.74) is -10.5. The number of hydrogen-bond donors (Lipinski definition) is 3. The molecule has 0 unspecified atom stereocenters. The van der Waals surface area contributed by atoms with E-state index in [4.69, 9.17) is 4.74 Å². The maximum Gasteiger partial charge on any atom is 0.441 e. The maximum atomic E-state index is 14.1. The zero-order chi connectivity index (χ0) is 26.5. The fraction of sp³-hybridized carbons (Fsp3) is 0.526. The molecule has 1 aromatic rings. The lowest BCUT2D eigenvalue weighted by Gasteiger charge is -2.36. The van der Waals surface area contributed by atoms with Gasteiger partial charge in [0.2, 0.25) is 5.91 Å². The predicted molar refractivity (Wildman–Crippen MR) is 102 cm³/mol. The number of alkyl halides is 6. The van der Waals surface area contributed by atoms with Gasteiger partial charge in [0, 0.05) is 12.5 Å². The fourth-order valence-corrected chi connectivity index (χ4v) is 2.76. The number of aliphatic hydroxyl groups is 1. The molecule has 0 aromatic heterocycles. The summed E-state index contributed by atoms with van der Waals surface area (Å²) in [7, 11) is 0.944. The summed E-state index contributed by atoms with van der Waals surface area (Å²) in [4.78, 5) is 35.9. The lowest BCUT2D eigenvalue weighted by molar-refractivity contribution is -0.267. The van der Waals surface area contributed by atoms with E-state index >= 15 is 0 Å². The lowest BCUT2D eigenvalue weighted by atomic mass is 9.92. The van der Waals surface area contributed by atoms with Crippen LogP contribution in [0.5, 0.6) is 5.75 Å². The summed E-state index contributed by atoms with van der Waals surface area (Å²) in [6.07, 6.45) is -11.3. The van der Waals surface area contributed by atoms with E-state index in [0.29, 0.717) is 25.1 Å². The van der Waals surface area contributed by atoms with Crippen LogP contribution in [0.2, 0.25) is 0 Å². The van der Waals surface area contributed by atoms with Crippen molar-refractivity contribution in [1.82, 2.24) is 5.32 Å². The number of methoxy groups -OCH3 is 1. The van der Waals surface area contributed by atoms with Gasteiger partial charge < -0.3 is 30.0 Å². The minimum Gasteiger partial charge on any atom is -0.495 e. The molecule has 0 bridgehead atoms. The summed E-state index contributed by atoms with van der Waals surface area (Å²) < 4.78 is 96.8. The Hall–Kier alpha value is -3.23. The molecule has 0 radical (unpaired) electrons. The number of benzene rings is 1. The third-order valence-corrected chi connectivity index (χ3v) is 4.29. The lowest BCUT2D eigenvalue weighted by Crippen LogP contribution is -2.69. The highest BCUT2D eigenvalue weighted by Crippen LogP contribution is 2.43. The van der Waals surface area contributed by atoms with Crippen LogP contribution in [0.1, 0.15) is 26.3 Å². The van der Waals surface area contributed by atoms with Crippen LogP contribution in [-0.4, -0.2) is 61.3 Å². The van der Waals surface area contributed by atoms with Crippen molar-refractivity contribution in [3.8, 4) is 5.75 Å². The van der Waals surface area contributed by atoms with Crippen molar-refractivity contribution in [1.29, 1.82) is 0 Å². The van der Waals surface area contributed by atoms with Crippen LogP contribution in [0.15, 0.2) is 18.2 Å². The topological polar surface area (TPSA) is 123 Å². The van der Waals surface area contributed by atoms with E-state index in [1.807, 2.05) is 0 Å². The van der Waals surface area contributed by atoms with E-state index in [1.54, 1.807) is 5.32 Å². The second-order valence-corrected chi connectivity index (χ2v) is 6.62. The normalized spacial score (nSPS) is 15.4. The first kappa shape index (κ1) is 28.8. The molecule has 0 aliphatic heterocycles. The van der Waals surface area contributed by atoms with Gasteiger partial charge in [-0.1, -0.05) is 6.07 Å². The Morgan fingerprint density at radius 2 is 1.47 bits per heavy atom. The number of esters is 2. The number of hydrogen-bond acceptors (Lipinski definition) is 8. The average Bonchev–Trinajstić information content (AvgIpc) is 2.70. The summed E-state index contributed by atoms with van der Waals surface area (Å²) in [5.74, 6) is -6.08. The predicted octanol–water partition coefficient (Wildman–Crippen LogP) is 2.38. The Kier molecular flexibility index (Phi) is 8.78. The molecule has 15 heteroatoms. The molecule has 0 spiro atoms. The Balaban J connectivity index is 3.86. The van der Waals surface area contributed by atoms with E-state index < -0.39 is 71.7 Å². The molecule has 0 aliphatic rings. The SMILES string of the molecule is CCOC(=O)[C@](NC(C)=O)(Nc1cc([C@@](O)(C(=O)OCC)C(F)(F)F)ccc1OC)C(F)(F)F. The molecule has 0 aliphatic carbocycles. The van der Waals surface area contributed by atoms with Gasteiger partial charge in [-0.05, 0) is 26.0 Å². The van der Waals surface area contributed by atoms with E-state index in [2.05, 4.69) is 9.47 Å². The van der Waals surface area contributed by atoms with Gasteiger partial charge in [0.05, 0.1) is 26.0 Å². The molecule has 0 saturated carbocycles. The smallest absolute Gasteiger partial charge is 0.441 e. The van der Waals surface area contributed by atoms with Gasteiger partial charge in [-0.15, -0.1) is 0 Å². The van der Waals surface area contributed by atoms with Crippen LogP contribution in [-0.2, 0) is 29.5 Å². The molecule has 192 valence electrons. The van der Waals surface area contributed by atoms with Gasteiger partial charge in [0.1, 0.15) is 5.75 Å². The largest absolute Gasteiger partial charge is 0.495 e. The van der Waals surface area contributed by atoms with Crippen molar-refractivity contribution in [3.05, 3.63) is 23.8 Å². The minimum atomic E-state index is -5.66. The number of nitrogens with one attached hydrogen (secondary N) is 2. The quantitative estimate of drug-likeness (QED) is 0.266. The van der Waals surface area contributed by atoms with E-state index in [0.717, 1.165) is 7.11 Å². The highest BCUT2D eigenvalue weighted by atomic mass is 19.4. The Morgan fingerprint density at radius 1 is 0.941 bits per heavy atom. The van der Waals surface area contributed by atoms with Crippen LogP contribution >= 0.6 is 0 Å². The molecular formula is C19H22F6N2O7. The van der Waals surface area contributed by atoms with Crippen molar-refractivity contribution >= 4 is 23.5 Å². The third-order valence-electron chi connectivity index (χ3n) is 4.29. The molecule has 1 rings (SSSR count). The third kappa shape index (κ3) is 5.46. The molecule has 2 atom stereocenters. The Morgan fingerprint density at radius 3 is 1.88 bits per heavy atom. The van der Waals surface area contributed by atoms with Crippen LogP contribution in [0.25, 0.3) is 0 Å². The molecule has 0 saturated heterocycles. The van der Waals surface area contributed by atoms with Crippen molar-refractivity contribution in [2.75, 3.05) is 25.6 Å². The molecule has 1 amide bonds. The van der Waals surface area contributed by atoms with Gasteiger partial charge in [-0.25, -0.2) is 9.59 Å². The number of carbonyl (C=O) groups is 3. The van der Waals surface area contributed by atoms with Gasteiger partial charge in [-0.2, -0.15) is 26.3 Å². The summed E-state index contributed by atoms with van der Waals surface area (Å²) in [6, 6.07) is 1.56. The number of halogens is 6. The molecule has 3 N–H and O–H groups in total. The van der Waals surface area contributed by atoms with E-state index in [-0.39, 0.29) is 0 Å². The first-order valence-electron chi connectivity index (χ1n) is 9.47. The van der Waals surface area contributed by atoms with Crippen LogP contribution in [0, 0.1) is 0 Å². The summed E-state index contributed by atoms with van der Waals surface area (Å²) >= 11 is 0. The zero-order valence-corrected chi connectivity index (χ0v) is 18.3. The zero-order valence-electron chi connectivity index (χ0n) is 18.3. The molecule has 0 fully saturated rings. The standard InChI is InChI=1S/C19H22F6N2O7/c1-5-33-14(29)16(31,18(20,21)22)11-7-8-13(32-4)12(9-11)27-17(19(23,24)25,26-10(3)28)15(30)34-6-2/h7-9,27,31H,5-6H2,1-4H3,(H,26,28)/t16-,17+/m1/s1. The Labute approximate surface area is 189 Å². The van der Waals surface area contributed by atoms with Crippen molar-refractivity contribution in [2.45, 2.75) is 44.4 Å². The van der Waals surface area contributed by atoms with E-state index in [9.17, 15) is 45.8 Å². The van der Waals surface area contributed by atoms with Crippen molar-refractivity contribution in [3.63, 3.8) is 0 Å². The number of anilines is 1. The van der Waals surface area contributed by atoms with Gasteiger partial charge in [-0.3, -0.25) is 4.79 Å².